The minimum absolute atomic E-state index is 0.00311. The van der Waals surface area contributed by atoms with Crippen LogP contribution in [0, 0.1) is 5.41 Å². The molecule has 1 aliphatic carbocycles. The summed E-state index contributed by atoms with van der Waals surface area (Å²) in [4.78, 5) is 17.7. The van der Waals surface area contributed by atoms with Crippen molar-refractivity contribution in [2.24, 2.45) is 5.41 Å². The number of benzene rings is 2. The predicted octanol–water partition coefficient (Wildman–Crippen LogP) is 4.28. The van der Waals surface area contributed by atoms with Gasteiger partial charge in [0, 0.05) is 14.2 Å². The Bertz CT molecular complexity index is 1660. The van der Waals surface area contributed by atoms with Crippen molar-refractivity contribution in [1.29, 1.82) is 0 Å². The maximum absolute atomic E-state index is 13.5. The Hall–Kier alpha value is -2.86. The number of hydrogen-bond acceptors (Lipinski definition) is 8. The fourth-order valence-corrected chi connectivity index (χ4v) is 9.87. The SMILES string of the molecule is COC1(OC)C=CC(C(OC[C@H]2O[C@](n3cc([Se]C)c(N)nc3=O)([SiH](C)C)C[C@@]2(O)C(C)(C)C)(c2ccccc2)c2ccccc2)=CC1. The van der Waals surface area contributed by atoms with Gasteiger partial charge < -0.3 is 9.47 Å². The van der Waals surface area contributed by atoms with Crippen molar-refractivity contribution in [2.75, 3.05) is 26.6 Å². The molecule has 2 aromatic carbocycles. The van der Waals surface area contributed by atoms with Gasteiger partial charge in [-0.1, -0.05) is 12.1 Å². The Balaban J connectivity index is 1.66. The molecule has 5 rings (SSSR count). The number of methoxy groups -OCH3 is 2. The fourth-order valence-electron chi connectivity index (χ4n) is 6.99. The number of aliphatic hydroxyl groups is 1. The van der Waals surface area contributed by atoms with E-state index < -0.39 is 48.3 Å². The van der Waals surface area contributed by atoms with Crippen molar-refractivity contribution in [1.82, 2.24) is 9.55 Å². The molecule has 48 heavy (non-hydrogen) atoms. The predicted molar refractivity (Wildman–Crippen MR) is 193 cm³/mol. The molecular weight excluding hydrogens is 689 g/mol. The second-order valence-corrected chi connectivity index (χ2v) is 18.9. The minimum atomic E-state index is -1.89. The van der Waals surface area contributed by atoms with E-state index in [0.717, 1.165) is 21.2 Å². The molecule has 1 saturated heterocycles. The van der Waals surface area contributed by atoms with E-state index in [4.69, 9.17) is 24.7 Å². The monoisotopic (exact) mass is 739 g/mol. The molecule has 0 unspecified atom stereocenters. The van der Waals surface area contributed by atoms with Crippen molar-refractivity contribution in [3.63, 3.8) is 0 Å². The van der Waals surface area contributed by atoms with Crippen LogP contribution in [0.2, 0.25) is 18.9 Å². The van der Waals surface area contributed by atoms with Gasteiger partial charge in [0.1, 0.15) is 0 Å². The Kier molecular flexibility index (Phi) is 10.5. The van der Waals surface area contributed by atoms with Crippen LogP contribution in [0.5, 0.6) is 0 Å². The number of nitrogens with zero attached hydrogens (tertiary/aromatic N) is 2. The van der Waals surface area contributed by atoms with Crippen LogP contribution < -0.4 is 15.9 Å². The van der Waals surface area contributed by atoms with Gasteiger partial charge in [-0.25, -0.2) is 0 Å². The topological polar surface area (TPSA) is 118 Å². The third kappa shape index (κ3) is 6.20. The molecule has 11 heteroatoms. The van der Waals surface area contributed by atoms with Crippen LogP contribution in [-0.4, -0.2) is 76.7 Å². The average molecular weight is 739 g/mol. The molecule has 2 heterocycles. The summed E-state index contributed by atoms with van der Waals surface area (Å²) in [5.74, 6) is 1.40. The van der Waals surface area contributed by atoms with E-state index in [9.17, 15) is 9.90 Å². The van der Waals surface area contributed by atoms with Crippen LogP contribution in [0.25, 0.3) is 0 Å². The number of ether oxygens (including phenoxy) is 4. The normalized spacial score (nSPS) is 24.2. The summed E-state index contributed by atoms with van der Waals surface area (Å²) in [6.07, 6.45) is 7.73. The van der Waals surface area contributed by atoms with Gasteiger partial charge in [-0.2, -0.15) is 0 Å². The molecule has 3 N–H and O–H groups in total. The Morgan fingerprint density at radius 2 is 1.65 bits per heavy atom. The molecule has 0 spiro atoms. The van der Waals surface area contributed by atoms with Crippen LogP contribution in [0.15, 0.2) is 95.5 Å². The first-order valence-corrected chi connectivity index (χ1v) is 21.8. The summed E-state index contributed by atoms with van der Waals surface area (Å²) >= 11 is 0.00311. The number of anilines is 1. The first-order valence-electron chi connectivity index (χ1n) is 16.3. The van der Waals surface area contributed by atoms with E-state index in [1.165, 1.54) is 0 Å². The van der Waals surface area contributed by atoms with Gasteiger partial charge in [-0.3, -0.25) is 0 Å². The van der Waals surface area contributed by atoms with Gasteiger partial charge in [0.25, 0.3) is 0 Å². The first-order chi connectivity index (χ1) is 22.7. The molecule has 3 atom stereocenters. The van der Waals surface area contributed by atoms with E-state index in [1.54, 1.807) is 25.0 Å². The van der Waals surface area contributed by atoms with E-state index in [2.05, 4.69) is 48.4 Å². The second-order valence-electron chi connectivity index (χ2n) is 13.9. The Morgan fingerprint density at radius 1 is 1.06 bits per heavy atom. The number of nitrogens with two attached hydrogens (primary N) is 1. The molecule has 1 aliphatic heterocycles. The van der Waals surface area contributed by atoms with Gasteiger partial charge in [-0.05, 0) is 0 Å². The van der Waals surface area contributed by atoms with Crippen molar-refractivity contribution in [3.8, 4) is 0 Å². The summed E-state index contributed by atoms with van der Waals surface area (Å²) in [7, 11) is 1.37. The zero-order valence-corrected chi connectivity index (χ0v) is 32.1. The second kappa shape index (κ2) is 13.8. The van der Waals surface area contributed by atoms with Crippen LogP contribution >= 0.6 is 0 Å². The van der Waals surface area contributed by atoms with Gasteiger partial charge in [0.15, 0.2) is 5.79 Å². The molecular formula is C37H49N3O6SeSi. The summed E-state index contributed by atoms with van der Waals surface area (Å²) in [5.41, 5.74) is 5.35. The molecule has 3 aromatic rings. The molecule has 1 fully saturated rings. The van der Waals surface area contributed by atoms with E-state index in [0.29, 0.717) is 6.42 Å². The first kappa shape index (κ1) is 36.4. The van der Waals surface area contributed by atoms with Gasteiger partial charge in [0.2, 0.25) is 0 Å². The number of nitrogen functional groups attached to an aromatic ring is 1. The van der Waals surface area contributed by atoms with Crippen molar-refractivity contribution in [2.45, 2.75) is 81.0 Å². The standard InChI is InChI=1S/C37H49N3O6SeSi/c1-33(2,3)35(42)25-36(48(7)8,40-23-29(47-6)31(38)39-32(40)41)46-30(35)24-45-37(26-15-11-9-12-16-26,27-17-13-10-14-18-27)28-19-21-34(43-4,44-5)22-20-28/h9-21,23,30,42,48H,22,24-25H2,1-8H3,(H2,38,39,41)/t30-,35+,36+/m1/s1. The summed E-state index contributed by atoms with van der Waals surface area (Å²) < 4.78 is 28.3. The molecule has 2 aliphatic rings. The molecule has 0 bridgehead atoms. The van der Waals surface area contributed by atoms with Crippen LogP contribution in [0.3, 0.4) is 0 Å². The quantitative estimate of drug-likeness (QED) is 0.221. The van der Waals surface area contributed by atoms with E-state index >= 15 is 0 Å². The third-order valence-corrected chi connectivity index (χ3v) is 14.2. The molecule has 9 nitrogen and oxygen atoms in total. The van der Waals surface area contributed by atoms with Crippen molar-refractivity contribution < 1.29 is 24.1 Å². The van der Waals surface area contributed by atoms with Crippen molar-refractivity contribution in [3.05, 3.63) is 112 Å². The van der Waals surface area contributed by atoms with Gasteiger partial charge >= 0.3 is 251 Å². The third-order valence-electron chi connectivity index (χ3n) is 10.2. The van der Waals surface area contributed by atoms with Gasteiger partial charge in [0.05, 0.1) is 0 Å². The maximum atomic E-state index is 13.5. The molecule has 0 amide bonds. The summed E-state index contributed by atoms with van der Waals surface area (Å²) in [6.45, 7) is 10.3. The number of rotatable bonds is 11. The number of aromatic nitrogens is 2. The number of hydrogen-bond donors (Lipinski definition) is 2. The molecule has 1 aromatic heterocycles. The fraction of sp³-hybridized carbons (Fsp3) is 0.459. The van der Waals surface area contributed by atoms with Gasteiger partial charge in [-0.15, -0.1) is 0 Å². The Labute approximate surface area is 291 Å². The molecule has 258 valence electrons. The molecule has 0 radical (unpaired) electrons. The Morgan fingerprint density at radius 3 is 2.10 bits per heavy atom. The average Bonchev–Trinajstić information content (AvgIpc) is 3.41. The van der Waals surface area contributed by atoms with E-state index in [-0.39, 0.29) is 33.8 Å². The zero-order valence-electron chi connectivity index (χ0n) is 29.2. The zero-order chi connectivity index (χ0) is 35.0. The van der Waals surface area contributed by atoms with Crippen LogP contribution in [0.1, 0.15) is 44.7 Å². The molecule has 0 saturated carbocycles. The summed E-state index contributed by atoms with van der Waals surface area (Å²) in [5, 5.41) is 11.7. The van der Waals surface area contributed by atoms with Crippen LogP contribution in [-0.2, 0) is 29.9 Å². The van der Waals surface area contributed by atoms with Crippen molar-refractivity contribution >= 4 is 34.0 Å². The van der Waals surface area contributed by atoms with E-state index in [1.807, 2.05) is 75.1 Å². The van der Waals surface area contributed by atoms with Crippen LogP contribution in [0.4, 0.5) is 5.82 Å². The summed E-state index contributed by atoms with van der Waals surface area (Å²) in [6, 6.07) is 20.2.